The minimum atomic E-state index is -0.492. The van der Waals surface area contributed by atoms with Crippen molar-refractivity contribution >= 4 is 17.8 Å². The summed E-state index contributed by atoms with van der Waals surface area (Å²) < 4.78 is 11.8. The highest BCUT2D eigenvalue weighted by atomic mass is 16.5. The van der Waals surface area contributed by atoms with Crippen LogP contribution in [0, 0.1) is 13.8 Å². The molecule has 158 valence electrons. The molecule has 1 heterocycles. The molecule has 0 bridgehead atoms. The summed E-state index contributed by atoms with van der Waals surface area (Å²) in [5.74, 6) is -0.704. The van der Waals surface area contributed by atoms with Crippen LogP contribution in [-0.2, 0) is 16.5 Å². The molecule has 0 aliphatic heterocycles. The van der Waals surface area contributed by atoms with Crippen molar-refractivity contribution in [3.8, 4) is 0 Å². The Kier molecular flexibility index (Phi) is 9.18. The van der Waals surface area contributed by atoms with Gasteiger partial charge in [-0.2, -0.15) is 0 Å². The fourth-order valence-electron chi connectivity index (χ4n) is 3.12. The Balaban J connectivity index is 3.06. The number of nitrogens with one attached hydrogen (secondary N) is 1. The van der Waals surface area contributed by atoms with Gasteiger partial charge in [0.2, 0.25) is 0 Å². The fourth-order valence-corrected chi connectivity index (χ4v) is 3.12. The van der Waals surface area contributed by atoms with Crippen LogP contribution in [0.4, 0.5) is 4.79 Å². The van der Waals surface area contributed by atoms with E-state index in [1.165, 1.54) is 12.0 Å². The van der Waals surface area contributed by atoms with Crippen LogP contribution in [0.2, 0.25) is 0 Å². The first kappa shape index (κ1) is 23.7. The Morgan fingerprint density at radius 3 is 2.39 bits per heavy atom. The first-order valence-corrected chi connectivity index (χ1v) is 9.56. The van der Waals surface area contributed by atoms with Gasteiger partial charge in [-0.05, 0) is 46.6 Å². The lowest BCUT2D eigenvalue weighted by atomic mass is 10.1. The molecule has 8 heteroatoms. The third-order valence-electron chi connectivity index (χ3n) is 4.54. The number of carbonyl (C=O) groups is 3. The van der Waals surface area contributed by atoms with Gasteiger partial charge in [0.15, 0.2) is 5.78 Å². The van der Waals surface area contributed by atoms with Crippen molar-refractivity contribution in [3.63, 3.8) is 0 Å². The van der Waals surface area contributed by atoms with Crippen molar-refractivity contribution in [2.45, 2.75) is 47.1 Å². The first-order chi connectivity index (χ1) is 13.1. The molecule has 0 spiro atoms. The molecule has 0 saturated heterocycles. The Morgan fingerprint density at radius 1 is 1.21 bits per heavy atom. The van der Waals surface area contributed by atoms with Gasteiger partial charge in [-0.3, -0.25) is 4.79 Å². The number of esters is 1. The molecular formula is C20H33N3O5. The summed E-state index contributed by atoms with van der Waals surface area (Å²) in [5.41, 5.74) is 2.03. The lowest BCUT2D eigenvalue weighted by Crippen LogP contribution is -2.46. The number of methoxy groups -OCH3 is 1. The SMILES string of the molecule is CCOCCCN(CC(=O)c1c(C)c(C(=O)OC)n(C)c1C)C(=O)NC(C)C. The average Bonchev–Trinajstić information content (AvgIpc) is 2.85. The number of ether oxygens (including phenoxy) is 2. The minimum Gasteiger partial charge on any atom is -0.464 e. The lowest BCUT2D eigenvalue weighted by molar-refractivity contribution is 0.0588. The van der Waals surface area contributed by atoms with Crippen LogP contribution >= 0.6 is 0 Å². The Morgan fingerprint density at radius 2 is 1.86 bits per heavy atom. The van der Waals surface area contributed by atoms with E-state index in [2.05, 4.69) is 5.32 Å². The molecule has 0 aromatic carbocycles. The topological polar surface area (TPSA) is 89.9 Å². The largest absolute Gasteiger partial charge is 0.464 e. The summed E-state index contributed by atoms with van der Waals surface area (Å²) in [6.07, 6.45) is 0.632. The normalized spacial score (nSPS) is 10.9. The van der Waals surface area contributed by atoms with Crippen LogP contribution in [0.1, 0.15) is 59.3 Å². The molecular weight excluding hydrogens is 362 g/mol. The van der Waals surface area contributed by atoms with Gasteiger partial charge in [0.25, 0.3) is 0 Å². The van der Waals surface area contributed by atoms with Gasteiger partial charge in [0.05, 0.1) is 13.7 Å². The van der Waals surface area contributed by atoms with E-state index in [-0.39, 0.29) is 24.4 Å². The van der Waals surface area contributed by atoms with E-state index < -0.39 is 5.97 Å². The second-order valence-electron chi connectivity index (χ2n) is 6.98. The van der Waals surface area contributed by atoms with E-state index in [9.17, 15) is 14.4 Å². The molecule has 1 aromatic rings. The molecule has 0 radical (unpaired) electrons. The van der Waals surface area contributed by atoms with Crippen molar-refractivity contribution in [1.29, 1.82) is 0 Å². The van der Waals surface area contributed by atoms with Crippen LogP contribution in [-0.4, -0.2) is 66.7 Å². The van der Waals surface area contributed by atoms with Crippen LogP contribution in [0.25, 0.3) is 0 Å². The van der Waals surface area contributed by atoms with Gasteiger partial charge < -0.3 is 24.3 Å². The number of amides is 2. The number of rotatable bonds is 10. The quantitative estimate of drug-likeness (QED) is 0.373. The summed E-state index contributed by atoms with van der Waals surface area (Å²) in [4.78, 5) is 39.1. The Labute approximate surface area is 167 Å². The molecule has 28 heavy (non-hydrogen) atoms. The number of nitrogens with zero attached hydrogens (tertiary/aromatic N) is 2. The zero-order valence-corrected chi connectivity index (χ0v) is 18.0. The predicted molar refractivity (Wildman–Crippen MR) is 107 cm³/mol. The Bertz CT molecular complexity index is 709. The number of urea groups is 1. The Hall–Kier alpha value is -2.35. The van der Waals surface area contributed by atoms with E-state index in [0.29, 0.717) is 48.7 Å². The van der Waals surface area contributed by atoms with Gasteiger partial charge >= 0.3 is 12.0 Å². The van der Waals surface area contributed by atoms with Crippen molar-refractivity contribution < 1.29 is 23.9 Å². The van der Waals surface area contributed by atoms with Crippen LogP contribution in [0.3, 0.4) is 0 Å². The minimum absolute atomic E-state index is 0.0388. The van der Waals surface area contributed by atoms with Gasteiger partial charge in [-0.25, -0.2) is 9.59 Å². The molecule has 2 amide bonds. The van der Waals surface area contributed by atoms with Crippen molar-refractivity contribution in [2.24, 2.45) is 7.05 Å². The van der Waals surface area contributed by atoms with Gasteiger partial charge in [-0.1, -0.05) is 0 Å². The number of carbonyl (C=O) groups excluding carboxylic acids is 3. The maximum atomic E-state index is 13.0. The highest BCUT2D eigenvalue weighted by Gasteiger charge is 2.27. The standard InChI is InChI=1S/C20H33N3O5/c1-8-28-11-9-10-23(20(26)21-13(2)3)12-16(24)17-14(4)18(19(25)27-7)22(6)15(17)5/h13H,8-12H2,1-7H3,(H,21,26). The van der Waals surface area contributed by atoms with Gasteiger partial charge in [0.1, 0.15) is 5.69 Å². The molecule has 0 fully saturated rings. The number of aromatic nitrogens is 1. The second-order valence-corrected chi connectivity index (χ2v) is 6.98. The maximum Gasteiger partial charge on any atom is 0.354 e. The highest BCUT2D eigenvalue weighted by Crippen LogP contribution is 2.22. The fraction of sp³-hybridized carbons (Fsp3) is 0.650. The molecule has 0 aliphatic carbocycles. The first-order valence-electron chi connectivity index (χ1n) is 9.56. The third-order valence-corrected chi connectivity index (χ3v) is 4.54. The van der Waals surface area contributed by atoms with Crippen LogP contribution in [0.5, 0.6) is 0 Å². The van der Waals surface area contributed by atoms with Gasteiger partial charge in [-0.15, -0.1) is 0 Å². The number of ketones is 1. The van der Waals surface area contributed by atoms with Crippen molar-refractivity contribution in [2.75, 3.05) is 33.4 Å². The summed E-state index contributed by atoms with van der Waals surface area (Å²) in [7, 11) is 3.03. The zero-order valence-electron chi connectivity index (χ0n) is 18.0. The van der Waals surface area contributed by atoms with Crippen molar-refractivity contribution in [1.82, 2.24) is 14.8 Å². The molecule has 8 nitrogen and oxygen atoms in total. The summed E-state index contributed by atoms with van der Waals surface area (Å²) in [6, 6.07) is -0.331. The van der Waals surface area contributed by atoms with Crippen LogP contribution < -0.4 is 5.32 Å². The number of hydrogen-bond acceptors (Lipinski definition) is 5. The molecule has 0 saturated carbocycles. The molecule has 0 atom stereocenters. The molecule has 0 unspecified atom stereocenters. The molecule has 0 aliphatic rings. The van der Waals surface area contributed by atoms with Gasteiger partial charge in [0, 0.05) is 44.1 Å². The van der Waals surface area contributed by atoms with Crippen molar-refractivity contribution in [3.05, 3.63) is 22.5 Å². The van der Waals surface area contributed by atoms with E-state index in [1.54, 1.807) is 25.5 Å². The van der Waals surface area contributed by atoms with E-state index in [0.717, 1.165) is 0 Å². The number of hydrogen-bond donors (Lipinski definition) is 1. The molecule has 1 rings (SSSR count). The molecule has 1 N–H and O–H groups in total. The average molecular weight is 396 g/mol. The highest BCUT2D eigenvalue weighted by molar-refractivity contribution is 6.04. The summed E-state index contributed by atoms with van der Waals surface area (Å²) in [6.45, 7) is 10.6. The smallest absolute Gasteiger partial charge is 0.354 e. The lowest BCUT2D eigenvalue weighted by Gasteiger charge is -2.24. The van der Waals surface area contributed by atoms with Crippen LogP contribution in [0.15, 0.2) is 0 Å². The van der Waals surface area contributed by atoms with E-state index in [4.69, 9.17) is 9.47 Å². The zero-order chi connectivity index (χ0) is 21.4. The second kappa shape index (κ2) is 10.8. The molecule has 1 aromatic heterocycles. The monoisotopic (exact) mass is 395 g/mol. The summed E-state index contributed by atoms with van der Waals surface area (Å²) >= 11 is 0. The maximum absolute atomic E-state index is 13.0. The summed E-state index contributed by atoms with van der Waals surface area (Å²) in [5, 5.41) is 2.83. The number of Topliss-reactive ketones (excluding diaryl/α,β-unsaturated/α-hetero) is 1. The van der Waals surface area contributed by atoms with E-state index in [1.807, 2.05) is 20.8 Å². The third kappa shape index (κ3) is 5.82. The van der Waals surface area contributed by atoms with E-state index >= 15 is 0 Å². The predicted octanol–water partition coefficient (Wildman–Crippen LogP) is 2.46.